The van der Waals surface area contributed by atoms with E-state index < -0.39 is 0 Å². The summed E-state index contributed by atoms with van der Waals surface area (Å²) in [5, 5.41) is 24.6. The Morgan fingerprint density at radius 3 is 2.64 bits per heavy atom. The summed E-state index contributed by atoms with van der Waals surface area (Å²) in [7, 11) is 0. The van der Waals surface area contributed by atoms with E-state index in [1.165, 1.54) is 22.5 Å². The van der Waals surface area contributed by atoms with E-state index in [0.717, 1.165) is 48.3 Å². The minimum atomic E-state index is -0.0326. The third-order valence-corrected chi connectivity index (χ3v) is 6.43. The van der Waals surface area contributed by atoms with Crippen molar-refractivity contribution >= 4 is 16.3 Å². The number of aromatic nitrogens is 3. The van der Waals surface area contributed by atoms with Crippen molar-refractivity contribution in [2.75, 3.05) is 39.3 Å². The van der Waals surface area contributed by atoms with Gasteiger partial charge in [-0.3, -0.25) is 9.80 Å². The fourth-order valence-electron chi connectivity index (χ4n) is 3.87. The first-order chi connectivity index (χ1) is 13.6. The van der Waals surface area contributed by atoms with Gasteiger partial charge < -0.3 is 10.2 Å². The second-order valence-corrected chi connectivity index (χ2v) is 8.29. The summed E-state index contributed by atoms with van der Waals surface area (Å²) in [4.78, 5) is 10.9. The van der Waals surface area contributed by atoms with Crippen LogP contribution in [0.25, 0.3) is 4.96 Å². The molecule has 28 heavy (non-hydrogen) atoms. The number of rotatable bonds is 6. The highest BCUT2D eigenvalue weighted by Crippen LogP contribution is 2.40. The fraction of sp³-hybridized carbons (Fsp3) is 0.500. The molecule has 8 heteroatoms. The van der Waals surface area contributed by atoms with Crippen molar-refractivity contribution in [3.8, 4) is 5.88 Å². The smallest absolute Gasteiger partial charge is 0.230 e. The van der Waals surface area contributed by atoms with E-state index >= 15 is 0 Å². The summed E-state index contributed by atoms with van der Waals surface area (Å²) < 4.78 is 1.57. The molecule has 1 aliphatic rings. The molecule has 7 nitrogen and oxygen atoms in total. The zero-order chi connectivity index (χ0) is 19.7. The van der Waals surface area contributed by atoms with Gasteiger partial charge in [-0.2, -0.15) is 4.52 Å². The van der Waals surface area contributed by atoms with Gasteiger partial charge in [0.2, 0.25) is 10.8 Å². The molecule has 0 aliphatic carbocycles. The molecule has 3 aromatic rings. The van der Waals surface area contributed by atoms with Crippen LogP contribution in [0, 0.1) is 6.92 Å². The quantitative estimate of drug-likeness (QED) is 0.659. The summed E-state index contributed by atoms with van der Waals surface area (Å²) >= 11 is 1.52. The Bertz CT molecular complexity index is 945. The van der Waals surface area contributed by atoms with Gasteiger partial charge in [0, 0.05) is 39.1 Å². The molecule has 0 amide bonds. The van der Waals surface area contributed by atoms with Crippen LogP contribution < -0.4 is 0 Å². The van der Waals surface area contributed by atoms with E-state index in [2.05, 4.69) is 51.1 Å². The maximum absolute atomic E-state index is 11.0. The van der Waals surface area contributed by atoms with E-state index in [1.54, 1.807) is 4.52 Å². The van der Waals surface area contributed by atoms with Gasteiger partial charge >= 0.3 is 0 Å². The Hall–Kier alpha value is -2.00. The predicted octanol–water partition coefficient (Wildman–Crippen LogP) is 2.07. The molecule has 1 aromatic carbocycles. The first kappa shape index (κ1) is 19.3. The Morgan fingerprint density at radius 2 is 2.00 bits per heavy atom. The SMILES string of the molecule is CCc1nc2sc([C@@H](c3cccc(C)c3)N3CCN(CCO)CC3)c(O)n2n1. The van der Waals surface area contributed by atoms with E-state index in [9.17, 15) is 10.2 Å². The zero-order valence-corrected chi connectivity index (χ0v) is 17.2. The molecule has 2 aromatic heterocycles. The molecule has 0 spiro atoms. The van der Waals surface area contributed by atoms with Crippen LogP contribution in [0.15, 0.2) is 24.3 Å². The highest BCUT2D eigenvalue weighted by molar-refractivity contribution is 7.17. The van der Waals surface area contributed by atoms with Crippen LogP contribution in [0.4, 0.5) is 0 Å². The van der Waals surface area contributed by atoms with Crippen molar-refractivity contribution in [2.24, 2.45) is 0 Å². The molecule has 4 rings (SSSR count). The van der Waals surface area contributed by atoms with Crippen molar-refractivity contribution in [3.63, 3.8) is 0 Å². The fourth-order valence-corrected chi connectivity index (χ4v) is 5.01. The normalized spacial score (nSPS) is 17.4. The van der Waals surface area contributed by atoms with Crippen LogP contribution >= 0.6 is 11.3 Å². The molecule has 1 saturated heterocycles. The number of fused-ring (bicyclic) bond motifs is 1. The number of aliphatic hydroxyl groups excluding tert-OH is 1. The molecular weight excluding hydrogens is 374 g/mol. The highest BCUT2D eigenvalue weighted by Gasteiger charge is 2.31. The van der Waals surface area contributed by atoms with Gasteiger partial charge in [0.25, 0.3) is 0 Å². The first-order valence-electron chi connectivity index (χ1n) is 9.81. The largest absolute Gasteiger partial charge is 0.492 e. The minimum Gasteiger partial charge on any atom is -0.492 e. The van der Waals surface area contributed by atoms with Crippen LogP contribution in [-0.2, 0) is 6.42 Å². The molecule has 2 N–H and O–H groups in total. The van der Waals surface area contributed by atoms with E-state index in [4.69, 9.17) is 0 Å². The lowest BCUT2D eigenvalue weighted by atomic mass is 10.0. The molecule has 0 bridgehead atoms. The summed E-state index contributed by atoms with van der Waals surface area (Å²) in [6, 6.07) is 8.45. The Labute approximate surface area is 168 Å². The minimum absolute atomic E-state index is 0.0326. The van der Waals surface area contributed by atoms with Gasteiger partial charge in [-0.1, -0.05) is 48.1 Å². The van der Waals surface area contributed by atoms with Crippen molar-refractivity contribution < 1.29 is 10.2 Å². The number of nitrogens with zero attached hydrogens (tertiary/aromatic N) is 5. The molecule has 1 atom stereocenters. The standard InChI is InChI=1S/C20H27N5O2S/c1-3-16-21-20-25(22-16)19(27)18(28-20)17(15-6-4-5-14(2)13-15)24-9-7-23(8-10-24)11-12-26/h4-6,13,17,26-27H,3,7-12H2,1-2H3/t17-/m1/s1. The molecular formula is C20H27N5O2S. The number of thiazole rings is 1. The number of piperazine rings is 1. The van der Waals surface area contributed by atoms with Gasteiger partial charge in [-0.15, -0.1) is 5.10 Å². The lowest BCUT2D eigenvalue weighted by molar-refractivity contribution is 0.0945. The van der Waals surface area contributed by atoms with E-state index in [-0.39, 0.29) is 18.5 Å². The molecule has 1 fully saturated rings. The summed E-state index contributed by atoms with van der Waals surface area (Å²) in [5.74, 6) is 0.939. The lowest BCUT2D eigenvalue weighted by Crippen LogP contribution is -2.48. The lowest BCUT2D eigenvalue weighted by Gasteiger charge is -2.39. The van der Waals surface area contributed by atoms with Crippen LogP contribution in [0.2, 0.25) is 0 Å². The van der Waals surface area contributed by atoms with Crippen molar-refractivity contribution in [2.45, 2.75) is 26.3 Å². The molecule has 0 unspecified atom stereocenters. The average molecular weight is 402 g/mol. The number of hydrogen-bond donors (Lipinski definition) is 2. The van der Waals surface area contributed by atoms with Gasteiger partial charge in [0.15, 0.2) is 5.82 Å². The summed E-state index contributed by atoms with van der Waals surface area (Å²) in [6.45, 7) is 8.59. The summed E-state index contributed by atoms with van der Waals surface area (Å²) in [6.07, 6.45) is 0.747. The zero-order valence-electron chi connectivity index (χ0n) is 16.4. The van der Waals surface area contributed by atoms with Crippen LogP contribution in [-0.4, -0.2) is 73.9 Å². The second kappa shape index (κ2) is 8.16. The molecule has 3 heterocycles. The third-order valence-electron chi connectivity index (χ3n) is 5.35. The Morgan fingerprint density at radius 1 is 1.21 bits per heavy atom. The predicted molar refractivity (Wildman–Crippen MR) is 110 cm³/mol. The van der Waals surface area contributed by atoms with Gasteiger partial charge in [0.1, 0.15) is 0 Å². The third kappa shape index (κ3) is 3.65. The number of aromatic hydroxyl groups is 1. The number of benzene rings is 1. The van der Waals surface area contributed by atoms with Crippen LogP contribution in [0.1, 0.15) is 34.8 Å². The number of hydrogen-bond acceptors (Lipinski definition) is 7. The van der Waals surface area contributed by atoms with Crippen molar-refractivity contribution in [1.29, 1.82) is 0 Å². The van der Waals surface area contributed by atoms with E-state index in [0.29, 0.717) is 6.54 Å². The maximum atomic E-state index is 11.0. The van der Waals surface area contributed by atoms with E-state index in [1.807, 2.05) is 6.92 Å². The Kier molecular flexibility index (Phi) is 5.63. The topological polar surface area (TPSA) is 77.1 Å². The average Bonchev–Trinajstić information content (AvgIpc) is 3.23. The van der Waals surface area contributed by atoms with Crippen molar-refractivity contribution in [1.82, 2.24) is 24.4 Å². The number of aryl methyl sites for hydroxylation is 2. The second-order valence-electron chi connectivity index (χ2n) is 7.28. The number of β-amino-alcohol motifs (C(OH)–C–C–N with tert-alkyl or cyclic N) is 1. The first-order valence-corrected chi connectivity index (χ1v) is 10.6. The highest BCUT2D eigenvalue weighted by atomic mass is 32.1. The monoisotopic (exact) mass is 401 g/mol. The van der Waals surface area contributed by atoms with Gasteiger partial charge in [0.05, 0.1) is 17.5 Å². The van der Waals surface area contributed by atoms with Crippen LogP contribution in [0.3, 0.4) is 0 Å². The number of aliphatic hydroxyl groups is 1. The molecule has 150 valence electrons. The van der Waals surface area contributed by atoms with Gasteiger partial charge in [-0.05, 0) is 12.5 Å². The maximum Gasteiger partial charge on any atom is 0.230 e. The van der Waals surface area contributed by atoms with Gasteiger partial charge in [-0.25, -0.2) is 4.98 Å². The van der Waals surface area contributed by atoms with Crippen molar-refractivity contribution in [3.05, 3.63) is 46.1 Å². The Balaban J connectivity index is 1.71. The molecule has 0 radical (unpaired) electrons. The molecule has 1 aliphatic heterocycles. The van der Waals surface area contributed by atoms with Crippen LogP contribution in [0.5, 0.6) is 5.88 Å². The summed E-state index contributed by atoms with van der Waals surface area (Å²) in [5.41, 5.74) is 2.37. The molecule has 0 saturated carbocycles.